The van der Waals surface area contributed by atoms with E-state index in [0.717, 1.165) is 30.0 Å². The number of likely N-dealkylation sites (tertiary alicyclic amines) is 1. The van der Waals surface area contributed by atoms with E-state index in [4.69, 9.17) is 5.10 Å². The smallest absolute Gasteiger partial charge is 0.254 e. The van der Waals surface area contributed by atoms with Crippen molar-refractivity contribution in [2.45, 2.75) is 84.6 Å². The Morgan fingerprint density at radius 2 is 2.07 bits per heavy atom. The van der Waals surface area contributed by atoms with E-state index >= 15 is 0 Å². The van der Waals surface area contributed by atoms with E-state index < -0.39 is 0 Å². The molecule has 0 spiro atoms. The van der Waals surface area contributed by atoms with Gasteiger partial charge in [0, 0.05) is 36.8 Å². The average Bonchev–Trinajstić information content (AvgIpc) is 3.10. The van der Waals surface area contributed by atoms with Gasteiger partial charge in [0.15, 0.2) is 5.65 Å². The van der Waals surface area contributed by atoms with Gasteiger partial charge in [0.25, 0.3) is 5.91 Å². The molecule has 2 aromatic heterocycles. The number of nitrogens with zero attached hydrogens (tertiary/aromatic N) is 4. The molecule has 1 aliphatic heterocycles. The fourth-order valence-corrected chi connectivity index (χ4v) is 4.12. The minimum Gasteiger partial charge on any atom is -0.352 e. The molecule has 3 heterocycles. The highest BCUT2D eigenvalue weighted by Crippen LogP contribution is 2.25. The Labute approximate surface area is 175 Å². The highest BCUT2D eigenvalue weighted by Gasteiger charge is 2.23. The monoisotopic (exact) mass is 399 g/mol. The van der Waals surface area contributed by atoms with Crippen molar-refractivity contribution in [2.24, 2.45) is 0 Å². The Balaban J connectivity index is 1.71. The van der Waals surface area contributed by atoms with Crippen LogP contribution in [-0.4, -0.2) is 51.1 Å². The number of nitrogens with one attached hydrogen (secondary N) is 1. The predicted molar refractivity (Wildman–Crippen MR) is 118 cm³/mol. The van der Waals surface area contributed by atoms with Crippen molar-refractivity contribution in [1.82, 2.24) is 24.8 Å². The number of fused-ring (bicyclic) bond motifs is 1. The number of piperidine rings is 1. The van der Waals surface area contributed by atoms with Gasteiger partial charge in [0.1, 0.15) is 0 Å². The van der Waals surface area contributed by atoms with Crippen molar-refractivity contribution < 1.29 is 4.79 Å². The molecule has 0 unspecified atom stereocenters. The number of amides is 1. The zero-order valence-electron chi connectivity index (χ0n) is 19.0. The average molecular weight is 400 g/mol. The summed E-state index contributed by atoms with van der Waals surface area (Å²) >= 11 is 0. The van der Waals surface area contributed by atoms with Gasteiger partial charge in [-0.15, -0.1) is 0 Å². The van der Waals surface area contributed by atoms with Crippen molar-refractivity contribution in [2.75, 3.05) is 19.6 Å². The number of carbonyl (C=O) groups excluding carboxylic acids is 1. The summed E-state index contributed by atoms with van der Waals surface area (Å²) in [7, 11) is 0. The molecule has 160 valence electrons. The van der Waals surface area contributed by atoms with E-state index in [1.165, 1.54) is 25.8 Å². The van der Waals surface area contributed by atoms with Crippen LogP contribution < -0.4 is 5.32 Å². The SMILES string of the molecule is CC(C)c1c(C(=O)NCCCN2CCCC[C@H]2C)cnc2cc(C(C)(C)C)nn12. The summed E-state index contributed by atoms with van der Waals surface area (Å²) in [5.74, 6) is 0.116. The lowest BCUT2D eigenvalue weighted by Gasteiger charge is -2.33. The van der Waals surface area contributed by atoms with Gasteiger partial charge in [-0.3, -0.25) is 4.79 Å². The van der Waals surface area contributed by atoms with Gasteiger partial charge >= 0.3 is 0 Å². The normalized spacial score (nSPS) is 18.5. The summed E-state index contributed by atoms with van der Waals surface area (Å²) in [6.45, 7) is 15.8. The largest absolute Gasteiger partial charge is 0.352 e. The molecule has 6 heteroatoms. The molecule has 0 bridgehead atoms. The third-order valence-electron chi connectivity index (χ3n) is 5.93. The summed E-state index contributed by atoms with van der Waals surface area (Å²) in [5.41, 5.74) is 3.28. The van der Waals surface area contributed by atoms with Crippen LogP contribution in [0.15, 0.2) is 12.3 Å². The van der Waals surface area contributed by atoms with Crippen LogP contribution >= 0.6 is 0 Å². The zero-order chi connectivity index (χ0) is 21.2. The van der Waals surface area contributed by atoms with Crippen molar-refractivity contribution in [1.29, 1.82) is 0 Å². The fourth-order valence-electron chi connectivity index (χ4n) is 4.12. The van der Waals surface area contributed by atoms with E-state index in [1.54, 1.807) is 6.20 Å². The molecular formula is C23H37N5O. The van der Waals surface area contributed by atoms with Gasteiger partial charge < -0.3 is 10.2 Å². The molecule has 0 saturated carbocycles. The van der Waals surface area contributed by atoms with Crippen molar-refractivity contribution in [3.8, 4) is 0 Å². The van der Waals surface area contributed by atoms with E-state index in [9.17, 15) is 4.79 Å². The van der Waals surface area contributed by atoms with Gasteiger partial charge in [-0.25, -0.2) is 9.50 Å². The molecule has 0 aromatic carbocycles. The van der Waals surface area contributed by atoms with E-state index in [1.807, 2.05) is 10.6 Å². The van der Waals surface area contributed by atoms with Gasteiger partial charge in [-0.2, -0.15) is 5.10 Å². The molecule has 1 fully saturated rings. The number of aromatic nitrogens is 3. The summed E-state index contributed by atoms with van der Waals surface area (Å²) < 4.78 is 1.86. The summed E-state index contributed by atoms with van der Waals surface area (Å²) in [6.07, 6.45) is 6.60. The van der Waals surface area contributed by atoms with Gasteiger partial charge in [0.05, 0.1) is 17.0 Å². The van der Waals surface area contributed by atoms with Crippen LogP contribution in [0.4, 0.5) is 0 Å². The molecule has 0 aliphatic carbocycles. The van der Waals surface area contributed by atoms with Crippen molar-refractivity contribution in [3.05, 3.63) is 29.2 Å². The predicted octanol–water partition coefficient (Wildman–Crippen LogP) is 4.14. The second kappa shape index (κ2) is 8.82. The molecular weight excluding hydrogens is 362 g/mol. The molecule has 2 aromatic rings. The van der Waals surface area contributed by atoms with Crippen molar-refractivity contribution >= 4 is 11.6 Å². The molecule has 1 aliphatic rings. The summed E-state index contributed by atoms with van der Waals surface area (Å²) in [6, 6.07) is 2.68. The first-order valence-corrected chi connectivity index (χ1v) is 11.1. The van der Waals surface area contributed by atoms with Gasteiger partial charge in [0.2, 0.25) is 0 Å². The Hall–Kier alpha value is -1.95. The topological polar surface area (TPSA) is 62.5 Å². The molecule has 6 nitrogen and oxygen atoms in total. The number of hydrogen-bond acceptors (Lipinski definition) is 4. The molecule has 3 rings (SSSR count). The Morgan fingerprint density at radius 1 is 1.31 bits per heavy atom. The van der Waals surface area contributed by atoms with E-state index in [2.05, 4.69) is 56.7 Å². The van der Waals surface area contributed by atoms with Gasteiger partial charge in [-0.1, -0.05) is 41.0 Å². The second-order valence-electron chi connectivity index (χ2n) is 9.75. The van der Waals surface area contributed by atoms with Crippen LogP contribution in [0.5, 0.6) is 0 Å². The van der Waals surface area contributed by atoms with Crippen LogP contribution in [0.1, 0.15) is 94.9 Å². The number of carbonyl (C=O) groups is 1. The van der Waals surface area contributed by atoms with Crippen LogP contribution in [-0.2, 0) is 5.41 Å². The third kappa shape index (κ3) is 4.97. The molecule has 1 amide bonds. The molecule has 1 N–H and O–H groups in total. The Kier molecular flexibility index (Phi) is 6.62. The quantitative estimate of drug-likeness (QED) is 0.742. The molecule has 0 radical (unpaired) electrons. The first-order valence-electron chi connectivity index (χ1n) is 11.1. The summed E-state index contributed by atoms with van der Waals surface area (Å²) in [4.78, 5) is 20.0. The lowest BCUT2D eigenvalue weighted by atomic mass is 9.93. The third-order valence-corrected chi connectivity index (χ3v) is 5.93. The standard InChI is InChI=1S/C23H37N5O/c1-16(2)21-18(15-25-20-14-19(23(4,5)6)26-28(20)21)22(29)24-11-9-13-27-12-8-7-10-17(27)3/h14-17H,7-13H2,1-6H3,(H,24,29)/t17-/m1/s1. The van der Waals surface area contributed by atoms with Gasteiger partial charge in [-0.05, 0) is 38.6 Å². The molecule has 1 saturated heterocycles. The maximum absolute atomic E-state index is 12.9. The first-order chi connectivity index (χ1) is 13.7. The Morgan fingerprint density at radius 3 is 2.72 bits per heavy atom. The second-order valence-corrected chi connectivity index (χ2v) is 9.75. The minimum absolute atomic E-state index is 0.0531. The highest BCUT2D eigenvalue weighted by atomic mass is 16.1. The van der Waals surface area contributed by atoms with Crippen LogP contribution in [0.2, 0.25) is 0 Å². The van der Waals surface area contributed by atoms with Crippen LogP contribution in [0, 0.1) is 0 Å². The van der Waals surface area contributed by atoms with Crippen molar-refractivity contribution in [3.63, 3.8) is 0 Å². The zero-order valence-corrected chi connectivity index (χ0v) is 19.0. The fraction of sp³-hybridized carbons (Fsp3) is 0.696. The van der Waals surface area contributed by atoms with Crippen LogP contribution in [0.3, 0.4) is 0 Å². The minimum atomic E-state index is -0.0596. The maximum Gasteiger partial charge on any atom is 0.254 e. The van der Waals surface area contributed by atoms with Crippen LogP contribution in [0.25, 0.3) is 5.65 Å². The number of rotatable bonds is 6. The van der Waals surface area contributed by atoms with E-state index in [0.29, 0.717) is 18.2 Å². The number of hydrogen-bond donors (Lipinski definition) is 1. The maximum atomic E-state index is 12.9. The summed E-state index contributed by atoms with van der Waals surface area (Å²) in [5, 5.41) is 7.89. The molecule has 1 atom stereocenters. The molecule has 29 heavy (non-hydrogen) atoms. The van der Waals surface area contributed by atoms with E-state index in [-0.39, 0.29) is 17.2 Å². The lowest BCUT2D eigenvalue weighted by molar-refractivity contribution is 0.0946. The lowest BCUT2D eigenvalue weighted by Crippen LogP contribution is -2.39. The first kappa shape index (κ1) is 21.8. The highest BCUT2D eigenvalue weighted by molar-refractivity contribution is 5.95. The Bertz CT molecular complexity index is 849.